The third-order valence-corrected chi connectivity index (χ3v) is 5.42. The summed E-state index contributed by atoms with van der Waals surface area (Å²) in [6.07, 6.45) is 9.37. The van der Waals surface area contributed by atoms with E-state index < -0.39 is 0 Å². The van der Waals surface area contributed by atoms with Gasteiger partial charge in [-0.25, -0.2) is 0 Å². The van der Waals surface area contributed by atoms with Crippen molar-refractivity contribution in [1.29, 1.82) is 0 Å². The van der Waals surface area contributed by atoms with E-state index in [4.69, 9.17) is 9.15 Å². The lowest BCUT2D eigenvalue weighted by molar-refractivity contribution is -0.143. The van der Waals surface area contributed by atoms with Crippen LogP contribution >= 0.6 is 0 Å². The first-order chi connectivity index (χ1) is 13.2. The lowest BCUT2D eigenvalue weighted by Crippen LogP contribution is -2.46. The maximum atomic E-state index is 13.1. The number of rotatable bonds is 9. The van der Waals surface area contributed by atoms with E-state index >= 15 is 0 Å². The molecule has 1 aromatic heterocycles. The molecule has 2 amide bonds. The van der Waals surface area contributed by atoms with Crippen LogP contribution in [0.4, 0.5) is 0 Å². The molecule has 148 valence electrons. The van der Waals surface area contributed by atoms with Crippen molar-refractivity contribution in [2.24, 2.45) is 5.92 Å². The molecule has 0 bridgehead atoms. The minimum absolute atomic E-state index is 0.0504. The quantitative estimate of drug-likeness (QED) is 0.624. The summed E-state index contributed by atoms with van der Waals surface area (Å²) in [6, 6.07) is 3.68. The summed E-state index contributed by atoms with van der Waals surface area (Å²) in [7, 11) is 0. The Labute approximate surface area is 161 Å². The zero-order valence-corrected chi connectivity index (χ0v) is 16.0. The van der Waals surface area contributed by atoms with Crippen LogP contribution in [-0.2, 0) is 20.9 Å². The average Bonchev–Trinajstić information content (AvgIpc) is 3.42. The van der Waals surface area contributed by atoms with Crippen molar-refractivity contribution in [2.45, 2.75) is 51.2 Å². The number of ether oxygens (including phenoxy) is 1. The van der Waals surface area contributed by atoms with Gasteiger partial charge in [0, 0.05) is 25.6 Å². The van der Waals surface area contributed by atoms with Crippen molar-refractivity contribution in [3.05, 3.63) is 36.8 Å². The third kappa shape index (κ3) is 5.45. The molecule has 1 atom stereocenters. The van der Waals surface area contributed by atoms with Gasteiger partial charge in [-0.15, -0.1) is 6.58 Å². The van der Waals surface area contributed by atoms with E-state index in [0.29, 0.717) is 19.6 Å². The fourth-order valence-electron chi connectivity index (χ4n) is 3.96. The summed E-state index contributed by atoms with van der Waals surface area (Å²) >= 11 is 0. The third-order valence-electron chi connectivity index (χ3n) is 5.42. The predicted octanol–water partition coefficient (Wildman–Crippen LogP) is 2.99. The number of hydrogen-bond acceptors (Lipinski definition) is 4. The molecule has 0 radical (unpaired) electrons. The monoisotopic (exact) mass is 374 g/mol. The van der Waals surface area contributed by atoms with E-state index in [-0.39, 0.29) is 30.4 Å². The molecule has 1 saturated carbocycles. The minimum atomic E-state index is -0.0740. The molecule has 3 rings (SSSR count). The van der Waals surface area contributed by atoms with E-state index in [2.05, 4.69) is 6.58 Å². The summed E-state index contributed by atoms with van der Waals surface area (Å²) in [6.45, 7) is 5.90. The van der Waals surface area contributed by atoms with Gasteiger partial charge in [0.2, 0.25) is 11.8 Å². The summed E-state index contributed by atoms with van der Waals surface area (Å²) in [5.74, 6) is 0.791. The largest absolute Gasteiger partial charge is 0.467 e. The second-order valence-corrected chi connectivity index (χ2v) is 7.48. The Kier molecular flexibility index (Phi) is 7.10. The predicted molar refractivity (Wildman–Crippen MR) is 102 cm³/mol. The molecule has 0 N–H and O–H groups in total. The summed E-state index contributed by atoms with van der Waals surface area (Å²) in [5, 5.41) is 0. The van der Waals surface area contributed by atoms with Crippen molar-refractivity contribution >= 4 is 11.8 Å². The van der Waals surface area contributed by atoms with E-state index in [0.717, 1.165) is 50.9 Å². The van der Waals surface area contributed by atoms with Gasteiger partial charge in [-0.1, -0.05) is 18.9 Å². The van der Waals surface area contributed by atoms with Crippen LogP contribution in [0.25, 0.3) is 0 Å². The number of hydrogen-bond donors (Lipinski definition) is 0. The van der Waals surface area contributed by atoms with Gasteiger partial charge in [0.1, 0.15) is 12.3 Å². The molecular formula is C21H30N2O4. The summed E-state index contributed by atoms with van der Waals surface area (Å²) in [5.41, 5.74) is 0. The molecule has 0 unspecified atom stereocenters. The van der Waals surface area contributed by atoms with Crippen LogP contribution in [0.5, 0.6) is 0 Å². The average molecular weight is 374 g/mol. The van der Waals surface area contributed by atoms with Gasteiger partial charge >= 0.3 is 0 Å². The highest BCUT2D eigenvalue weighted by Crippen LogP contribution is 2.26. The molecule has 2 aliphatic rings. The molecule has 2 heterocycles. The van der Waals surface area contributed by atoms with E-state index in [9.17, 15) is 9.59 Å². The highest BCUT2D eigenvalue weighted by molar-refractivity contribution is 5.86. The van der Waals surface area contributed by atoms with Crippen molar-refractivity contribution < 1.29 is 18.7 Å². The highest BCUT2D eigenvalue weighted by atomic mass is 16.5. The topological polar surface area (TPSA) is 63.0 Å². The van der Waals surface area contributed by atoms with E-state index in [1.165, 1.54) is 0 Å². The minimum Gasteiger partial charge on any atom is -0.467 e. The Morgan fingerprint density at radius 2 is 2.00 bits per heavy atom. The fourth-order valence-corrected chi connectivity index (χ4v) is 3.96. The standard InChI is InChI=1S/C21H30N2O4/c1-2-11-22(21(25)17-7-3-4-8-17)16-20(24)23(14-18-9-5-12-26-18)15-19-10-6-13-27-19/h2,5,9,12,17,19H,1,3-4,6-8,10-11,13-16H2/t19-/m1/s1. The summed E-state index contributed by atoms with van der Waals surface area (Å²) in [4.78, 5) is 29.3. The maximum absolute atomic E-state index is 13.1. The Balaban J connectivity index is 1.66. The number of carbonyl (C=O) groups excluding carboxylic acids is 2. The second-order valence-electron chi connectivity index (χ2n) is 7.48. The van der Waals surface area contributed by atoms with Gasteiger partial charge in [-0.05, 0) is 37.8 Å². The highest BCUT2D eigenvalue weighted by Gasteiger charge is 2.30. The summed E-state index contributed by atoms with van der Waals surface area (Å²) < 4.78 is 11.1. The Bertz CT molecular complexity index is 616. The smallest absolute Gasteiger partial charge is 0.242 e. The Hall–Kier alpha value is -2.08. The number of amides is 2. The van der Waals surface area contributed by atoms with Crippen LogP contribution in [-0.4, -0.2) is 54.0 Å². The van der Waals surface area contributed by atoms with Gasteiger partial charge in [-0.2, -0.15) is 0 Å². The molecule has 1 aliphatic heterocycles. The fraction of sp³-hybridized carbons (Fsp3) is 0.619. The SMILES string of the molecule is C=CCN(CC(=O)N(Cc1ccco1)C[C@H]1CCCO1)C(=O)C1CCCC1. The first kappa shape index (κ1) is 19.7. The molecule has 27 heavy (non-hydrogen) atoms. The lowest BCUT2D eigenvalue weighted by atomic mass is 10.1. The van der Waals surface area contributed by atoms with Crippen LogP contribution in [0.3, 0.4) is 0 Å². The molecule has 6 nitrogen and oxygen atoms in total. The van der Waals surface area contributed by atoms with Gasteiger partial charge in [0.15, 0.2) is 0 Å². The van der Waals surface area contributed by atoms with Gasteiger partial charge in [-0.3, -0.25) is 9.59 Å². The van der Waals surface area contributed by atoms with Gasteiger partial charge in [0.05, 0.1) is 18.9 Å². The molecule has 0 aromatic carbocycles. The molecule has 1 aliphatic carbocycles. The Morgan fingerprint density at radius 3 is 2.63 bits per heavy atom. The second kappa shape index (κ2) is 9.74. The van der Waals surface area contributed by atoms with Crippen molar-refractivity contribution in [2.75, 3.05) is 26.2 Å². The molecule has 1 saturated heterocycles. The molecule has 2 fully saturated rings. The van der Waals surface area contributed by atoms with Crippen molar-refractivity contribution in [3.8, 4) is 0 Å². The van der Waals surface area contributed by atoms with Crippen LogP contribution in [0, 0.1) is 5.92 Å². The maximum Gasteiger partial charge on any atom is 0.242 e. The zero-order valence-electron chi connectivity index (χ0n) is 16.0. The molecule has 0 spiro atoms. The lowest BCUT2D eigenvalue weighted by Gasteiger charge is -2.29. The number of nitrogens with zero attached hydrogens (tertiary/aromatic N) is 2. The van der Waals surface area contributed by atoms with Gasteiger partial charge < -0.3 is 19.0 Å². The zero-order chi connectivity index (χ0) is 19.1. The van der Waals surface area contributed by atoms with Crippen molar-refractivity contribution in [1.82, 2.24) is 9.80 Å². The molecule has 1 aromatic rings. The number of carbonyl (C=O) groups is 2. The molecule has 6 heteroatoms. The first-order valence-electron chi connectivity index (χ1n) is 9.99. The van der Waals surface area contributed by atoms with E-state index in [1.807, 2.05) is 12.1 Å². The number of furan rings is 1. The van der Waals surface area contributed by atoms with Crippen LogP contribution in [0.1, 0.15) is 44.3 Å². The Morgan fingerprint density at radius 1 is 1.19 bits per heavy atom. The van der Waals surface area contributed by atoms with Crippen LogP contribution < -0.4 is 0 Å². The van der Waals surface area contributed by atoms with E-state index in [1.54, 1.807) is 22.1 Å². The van der Waals surface area contributed by atoms with Gasteiger partial charge in [0.25, 0.3) is 0 Å². The van der Waals surface area contributed by atoms with Crippen molar-refractivity contribution in [3.63, 3.8) is 0 Å². The van der Waals surface area contributed by atoms with Crippen LogP contribution in [0.15, 0.2) is 35.5 Å². The first-order valence-corrected chi connectivity index (χ1v) is 9.99. The normalized spacial score (nSPS) is 19.9. The van der Waals surface area contributed by atoms with Crippen LogP contribution in [0.2, 0.25) is 0 Å². The molecular weight excluding hydrogens is 344 g/mol.